The lowest BCUT2D eigenvalue weighted by Crippen LogP contribution is -2.35. The summed E-state index contributed by atoms with van der Waals surface area (Å²) in [6, 6.07) is 1.48. The fourth-order valence-corrected chi connectivity index (χ4v) is 3.28. The molecule has 2 unspecified atom stereocenters. The van der Waals surface area contributed by atoms with Gasteiger partial charge in [-0.15, -0.1) is 0 Å². The summed E-state index contributed by atoms with van der Waals surface area (Å²) in [6.45, 7) is 9.36. The van der Waals surface area contributed by atoms with Gasteiger partial charge in [-0.05, 0) is 49.5 Å². The molecule has 1 fully saturated rings. The maximum Gasteiger partial charge on any atom is 0.00748 e. The zero-order chi connectivity index (χ0) is 11.3. The van der Waals surface area contributed by atoms with E-state index in [-0.39, 0.29) is 0 Å². The number of hydrogen-bond donors (Lipinski definition) is 1. The topological polar surface area (TPSA) is 12.0 Å². The van der Waals surface area contributed by atoms with Crippen LogP contribution in [0.15, 0.2) is 0 Å². The van der Waals surface area contributed by atoms with Gasteiger partial charge in [0.25, 0.3) is 0 Å². The summed E-state index contributed by atoms with van der Waals surface area (Å²) in [7, 11) is 0. The molecule has 0 aliphatic heterocycles. The largest absolute Gasteiger partial charge is 0.311 e. The number of thioether (sulfide) groups is 1. The van der Waals surface area contributed by atoms with Crippen molar-refractivity contribution < 1.29 is 0 Å². The maximum absolute atomic E-state index is 3.78. The van der Waals surface area contributed by atoms with E-state index in [9.17, 15) is 0 Å². The molecule has 0 heterocycles. The normalized spacial score (nSPS) is 26.8. The Kier molecular flexibility index (Phi) is 5.48. The van der Waals surface area contributed by atoms with Gasteiger partial charge >= 0.3 is 0 Å². The van der Waals surface area contributed by atoms with Crippen molar-refractivity contribution in [1.82, 2.24) is 5.32 Å². The highest BCUT2D eigenvalue weighted by Crippen LogP contribution is 2.37. The molecule has 0 aromatic rings. The Morgan fingerprint density at radius 3 is 2.73 bits per heavy atom. The molecule has 15 heavy (non-hydrogen) atoms. The van der Waals surface area contributed by atoms with E-state index in [4.69, 9.17) is 0 Å². The second kappa shape index (κ2) is 6.15. The predicted octanol–water partition coefficient (Wildman–Crippen LogP) is 3.69. The molecule has 0 aromatic carbocycles. The van der Waals surface area contributed by atoms with Crippen LogP contribution < -0.4 is 5.32 Å². The van der Waals surface area contributed by atoms with Crippen molar-refractivity contribution in [3.8, 4) is 0 Å². The van der Waals surface area contributed by atoms with E-state index in [2.05, 4.69) is 44.8 Å². The van der Waals surface area contributed by atoms with E-state index in [0.29, 0.717) is 11.5 Å². The molecule has 90 valence electrons. The van der Waals surface area contributed by atoms with Crippen LogP contribution in [0.1, 0.15) is 53.4 Å². The van der Waals surface area contributed by atoms with E-state index >= 15 is 0 Å². The molecule has 1 rings (SSSR count). The molecule has 0 aromatic heterocycles. The van der Waals surface area contributed by atoms with Crippen molar-refractivity contribution in [3.05, 3.63) is 0 Å². The van der Waals surface area contributed by atoms with Gasteiger partial charge in [-0.2, -0.15) is 11.8 Å². The first-order valence-electron chi connectivity index (χ1n) is 6.37. The standard InChI is InChI=1S/C13H27NS/c1-5-15-9-7-11(2)14-12-6-8-13(3,4)10-12/h11-12,14H,5-10H2,1-4H3. The summed E-state index contributed by atoms with van der Waals surface area (Å²) in [6.07, 6.45) is 5.44. The Bertz CT molecular complexity index is 179. The zero-order valence-electron chi connectivity index (χ0n) is 10.8. The van der Waals surface area contributed by atoms with Gasteiger partial charge in [0.1, 0.15) is 0 Å². The summed E-state index contributed by atoms with van der Waals surface area (Å²) in [5, 5.41) is 3.78. The third-order valence-electron chi connectivity index (χ3n) is 3.39. The van der Waals surface area contributed by atoms with Crippen LogP contribution in [0.3, 0.4) is 0 Å². The van der Waals surface area contributed by atoms with Crippen LogP contribution in [-0.4, -0.2) is 23.6 Å². The molecule has 1 nitrogen and oxygen atoms in total. The maximum atomic E-state index is 3.78. The average Bonchev–Trinajstić information content (AvgIpc) is 2.46. The molecule has 0 bridgehead atoms. The second-order valence-corrected chi connectivity index (χ2v) is 7.05. The third-order valence-corrected chi connectivity index (χ3v) is 4.32. The summed E-state index contributed by atoms with van der Waals surface area (Å²) >= 11 is 2.05. The third kappa shape index (κ3) is 5.26. The Hall–Kier alpha value is 0.310. The number of rotatable bonds is 6. The Balaban J connectivity index is 2.13. The molecule has 1 aliphatic rings. The van der Waals surface area contributed by atoms with E-state index in [1.807, 2.05) is 0 Å². The summed E-state index contributed by atoms with van der Waals surface area (Å²) in [4.78, 5) is 0. The Morgan fingerprint density at radius 2 is 2.20 bits per heavy atom. The van der Waals surface area contributed by atoms with Crippen LogP contribution in [-0.2, 0) is 0 Å². The summed E-state index contributed by atoms with van der Waals surface area (Å²) in [5.74, 6) is 2.56. The minimum atomic E-state index is 0.579. The number of hydrogen-bond acceptors (Lipinski definition) is 2. The van der Waals surface area contributed by atoms with Gasteiger partial charge in [0.2, 0.25) is 0 Å². The van der Waals surface area contributed by atoms with Crippen molar-refractivity contribution in [2.75, 3.05) is 11.5 Å². The van der Waals surface area contributed by atoms with Crippen LogP contribution in [0.2, 0.25) is 0 Å². The van der Waals surface area contributed by atoms with E-state index in [1.165, 1.54) is 37.2 Å². The molecule has 0 spiro atoms. The fourth-order valence-electron chi connectivity index (χ4n) is 2.47. The van der Waals surface area contributed by atoms with Crippen molar-refractivity contribution >= 4 is 11.8 Å². The lowest BCUT2D eigenvalue weighted by molar-refractivity contribution is 0.354. The molecule has 0 amide bonds. The van der Waals surface area contributed by atoms with Crippen molar-refractivity contribution in [2.24, 2.45) is 5.41 Å². The Labute approximate surface area is 99.8 Å². The van der Waals surface area contributed by atoms with E-state index < -0.39 is 0 Å². The lowest BCUT2D eigenvalue weighted by atomic mass is 9.92. The van der Waals surface area contributed by atoms with Gasteiger partial charge in [0, 0.05) is 12.1 Å². The van der Waals surface area contributed by atoms with Gasteiger partial charge in [-0.3, -0.25) is 0 Å². The highest BCUT2D eigenvalue weighted by Gasteiger charge is 2.31. The van der Waals surface area contributed by atoms with Crippen LogP contribution in [0, 0.1) is 5.41 Å². The predicted molar refractivity (Wildman–Crippen MR) is 71.6 cm³/mol. The van der Waals surface area contributed by atoms with Crippen LogP contribution in [0.25, 0.3) is 0 Å². The zero-order valence-corrected chi connectivity index (χ0v) is 11.6. The molecular weight excluding hydrogens is 202 g/mol. The molecule has 1 aliphatic carbocycles. The second-order valence-electron chi connectivity index (χ2n) is 5.66. The monoisotopic (exact) mass is 229 g/mol. The van der Waals surface area contributed by atoms with Crippen LogP contribution >= 0.6 is 11.8 Å². The average molecular weight is 229 g/mol. The molecule has 1 saturated carbocycles. The van der Waals surface area contributed by atoms with Crippen molar-refractivity contribution in [3.63, 3.8) is 0 Å². The molecule has 0 radical (unpaired) electrons. The smallest absolute Gasteiger partial charge is 0.00748 e. The van der Waals surface area contributed by atoms with Gasteiger partial charge in [-0.1, -0.05) is 20.8 Å². The quantitative estimate of drug-likeness (QED) is 0.697. The SMILES string of the molecule is CCSCCC(C)NC1CCC(C)(C)C1. The van der Waals surface area contributed by atoms with Crippen LogP contribution in [0.4, 0.5) is 0 Å². The van der Waals surface area contributed by atoms with Gasteiger partial charge in [0.15, 0.2) is 0 Å². The first-order valence-corrected chi connectivity index (χ1v) is 7.53. The Morgan fingerprint density at radius 1 is 1.47 bits per heavy atom. The first kappa shape index (κ1) is 13.4. The van der Waals surface area contributed by atoms with Gasteiger partial charge in [0.05, 0.1) is 0 Å². The van der Waals surface area contributed by atoms with Crippen molar-refractivity contribution in [1.29, 1.82) is 0 Å². The van der Waals surface area contributed by atoms with Gasteiger partial charge in [-0.25, -0.2) is 0 Å². The van der Waals surface area contributed by atoms with E-state index in [0.717, 1.165) is 6.04 Å². The van der Waals surface area contributed by atoms with Crippen molar-refractivity contribution in [2.45, 2.75) is 65.5 Å². The molecule has 0 saturated heterocycles. The van der Waals surface area contributed by atoms with Crippen LogP contribution in [0.5, 0.6) is 0 Å². The molecular formula is C13H27NS. The lowest BCUT2D eigenvalue weighted by Gasteiger charge is -2.21. The minimum Gasteiger partial charge on any atom is -0.311 e. The highest BCUT2D eigenvalue weighted by atomic mass is 32.2. The highest BCUT2D eigenvalue weighted by molar-refractivity contribution is 7.99. The minimum absolute atomic E-state index is 0.579. The summed E-state index contributed by atoms with van der Waals surface area (Å²) in [5.41, 5.74) is 0.579. The molecule has 1 N–H and O–H groups in total. The molecule has 2 atom stereocenters. The summed E-state index contributed by atoms with van der Waals surface area (Å²) < 4.78 is 0. The first-order chi connectivity index (χ1) is 7.03. The molecule has 2 heteroatoms. The van der Waals surface area contributed by atoms with E-state index in [1.54, 1.807) is 0 Å². The fraction of sp³-hybridized carbons (Fsp3) is 1.00. The number of nitrogens with one attached hydrogen (secondary N) is 1. The van der Waals surface area contributed by atoms with Gasteiger partial charge < -0.3 is 5.32 Å².